The average molecular weight is 741 g/mol. The number of piperidine rings is 1. The van der Waals surface area contributed by atoms with E-state index in [-0.39, 0.29) is 23.4 Å². The van der Waals surface area contributed by atoms with E-state index in [9.17, 15) is 10.0 Å². The summed E-state index contributed by atoms with van der Waals surface area (Å²) < 4.78 is 21.2. The van der Waals surface area contributed by atoms with Gasteiger partial charge in [0, 0.05) is 80.9 Å². The van der Waals surface area contributed by atoms with E-state index >= 15 is 0 Å². The largest absolute Gasteiger partial charge is 0.491 e. The highest BCUT2D eigenvalue weighted by Crippen LogP contribution is 2.40. The molecule has 3 aliphatic heterocycles. The van der Waals surface area contributed by atoms with Crippen LogP contribution in [0.15, 0.2) is 67.3 Å². The van der Waals surface area contributed by atoms with Crippen LogP contribution in [0.3, 0.4) is 0 Å². The molecule has 3 fully saturated rings. The summed E-state index contributed by atoms with van der Waals surface area (Å²) in [6.45, 7) is 7.69. The third-order valence-electron chi connectivity index (χ3n) is 9.14. The normalized spacial score (nSPS) is 20.5. The number of rotatable bonds is 8. The lowest BCUT2D eigenvalue weighted by molar-refractivity contribution is -0.189. The average Bonchev–Trinajstić information content (AvgIpc) is 3.81. The summed E-state index contributed by atoms with van der Waals surface area (Å²) in [6, 6.07) is 14.9. The number of halogens is 2. The number of imidazole rings is 1. The van der Waals surface area contributed by atoms with Gasteiger partial charge < -0.3 is 44.4 Å². The zero-order valence-corrected chi connectivity index (χ0v) is 30.0. The van der Waals surface area contributed by atoms with Crippen molar-refractivity contribution >= 4 is 46.4 Å². The molecule has 0 spiro atoms. The van der Waals surface area contributed by atoms with Gasteiger partial charge in [0.25, 0.3) is 5.62 Å². The highest BCUT2D eigenvalue weighted by Gasteiger charge is 2.45. The molecule has 0 unspecified atom stereocenters. The minimum absolute atomic E-state index is 0.129. The van der Waals surface area contributed by atoms with Gasteiger partial charge in [-0.05, 0) is 55.7 Å². The van der Waals surface area contributed by atoms with Gasteiger partial charge in [0.05, 0.1) is 24.5 Å². The van der Waals surface area contributed by atoms with Gasteiger partial charge >= 0.3 is 0 Å². The van der Waals surface area contributed by atoms with Crippen molar-refractivity contribution in [2.45, 2.75) is 44.6 Å². The lowest BCUT2D eigenvalue weighted by Gasteiger charge is -2.35. The van der Waals surface area contributed by atoms with Crippen molar-refractivity contribution in [3.05, 3.63) is 88.5 Å². The third kappa shape index (κ3) is 8.87. The molecular weight excluding hydrogens is 697 g/mol. The van der Waals surface area contributed by atoms with Crippen LogP contribution in [-0.2, 0) is 26.6 Å². The van der Waals surface area contributed by atoms with Crippen molar-refractivity contribution in [1.82, 2.24) is 24.2 Å². The van der Waals surface area contributed by atoms with Crippen LogP contribution in [0.4, 0.5) is 17.3 Å². The topological polar surface area (TPSA) is 160 Å². The molecule has 7 rings (SSSR count). The predicted octanol–water partition coefficient (Wildman–Crippen LogP) is 4.38. The first-order valence-corrected chi connectivity index (χ1v) is 17.7. The lowest BCUT2D eigenvalue weighted by atomic mass is 10.1. The highest BCUT2D eigenvalue weighted by atomic mass is 35.5. The van der Waals surface area contributed by atoms with E-state index in [1.54, 1.807) is 37.6 Å². The standard InChI is InChI=1S/C26H28Cl2N4O4.C9H15N5O/c1-19(33)31-10-12-32(13-11-31)21-3-5-22(6-4-21)34-15-23-16-35-26(36-23,17-30-9-8-29-18-30)24-7-2-20(27)14-25(24)28;10-7-6-8(12-9(11)14(7)15)13-4-2-1-3-5-13/h2-9,14,18,23H,10-13,15-17H2,1H3;6,11,15H,1-5,10H2/t23-,26-;/m1./s1. The van der Waals surface area contributed by atoms with Crippen LogP contribution in [0.25, 0.3) is 0 Å². The Balaban J connectivity index is 0.000000249. The van der Waals surface area contributed by atoms with E-state index in [4.69, 9.17) is 48.6 Å². The zero-order valence-electron chi connectivity index (χ0n) is 28.5. The number of hydrogen-bond donors (Lipinski definition) is 3. The van der Waals surface area contributed by atoms with E-state index in [1.807, 2.05) is 46.0 Å². The van der Waals surface area contributed by atoms with Crippen LogP contribution < -0.4 is 25.9 Å². The van der Waals surface area contributed by atoms with Crippen molar-refractivity contribution in [2.24, 2.45) is 0 Å². The lowest BCUT2D eigenvalue weighted by Crippen LogP contribution is -2.48. The van der Waals surface area contributed by atoms with E-state index in [2.05, 4.69) is 19.8 Å². The summed E-state index contributed by atoms with van der Waals surface area (Å²) in [5, 5.41) is 17.7. The van der Waals surface area contributed by atoms with Crippen LogP contribution >= 0.6 is 23.2 Å². The molecule has 0 bridgehead atoms. The van der Waals surface area contributed by atoms with Crippen molar-refractivity contribution in [3.63, 3.8) is 0 Å². The van der Waals surface area contributed by atoms with Gasteiger partial charge in [-0.25, -0.2) is 4.98 Å². The molecule has 3 aliphatic rings. The number of benzene rings is 2. The molecule has 51 heavy (non-hydrogen) atoms. The van der Waals surface area contributed by atoms with Crippen molar-refractivity contribution in [3.8, 4) is 5.75 Å². The number of piperazine rings is 1. The van der Waals surface area contributed by atoms with Gasteiger partial charge in [-0.1, -0.05) is 29.3 Å². The number of carbonyl (C=O) groups excluding carboxylic acids is 1. The minimum atomic E-state index is -1.08. The summed E-state index contributed by atoms with van der Waals surface area (Å²) >= 11 is 12.7. The Kier molecular flexibility index (Phi) is 11.6. The first kappa shape index (κ1) is 36.3. The fraction of sp³-hybridized carbons (Fsp3) is 0.429. The van der Waals surface area contributed by atoms with Gasteiger partial charge in [0.15, 0.2) is 0 Å². The molecule has 3 saturated heterocycles. The number of nitrogens with two attached hydrogens (primary N) is 1. The molecule has 1 amide bonds. The summed E-state index contributed by atoms with van der Waals surface area (Å²) in [5.74, 6) is 0.630. The van der Waals surface area contributed by atoms with E-state index < -0.39 is 5.79 Å². The number of aromatic nitrogens is 4. The van der Waals surface area contributed by atoms with E-state index in [0.717, 1.165) is 63.5 Å². The van der Waals surface area contributed by atoms with Crippen LogP contribution in [-0.4, -0.2) is 93.9 Å². The zero-order chi connectivity index (χ0) is 36.0. The fourth-order valence-corrected chi connectivity index (χ4v) is 6.94. The maximum absolute atomic E-state index is 11.6. The molecule has 14 nitrogen and oxygen atoms in total. The van der Waals surface area contributed by atoms with Crippen molar-refractivity contribution in [2.75, 3.05) is 68.0 Å². The molecule has 272 valence electrons. The Labute approximate surface area is 306 Å². The van der Waals surface area contributed by atoms with Crippen LogP contribution in [0.1, 0.15) is 31.7 Å². The van der Waals surface area contributed by atoms with E-state index in [1.165, 1.54) is 6.42 Å². The Morgan fingerprint density at radius 3 is 2.43 bits per heavy atom. The minimum Gasteiger partial charge on any atom is -0.491 e. The number of ether oxygens (including phenoxy) is 3. The first-order valence-electron chi connectivity index (χ1n) is 16.9. The Morgan fingerprint density at radius 1 is 1.04 bits per heavy atom. The van der Waals surface area contributed by atoms with Crippen LogP contribution in [0.5, 0.6) is 5.75 Å². The smallest absolute Gasteiger partial charge is 0.259 e. The number of nitrogens with one attached hydrogen (secondary N) is 1. The van der Waals surface area contributed by atoms with Crippen molar-refractivity contribution in [1.29, 1.82) is 5.41 Å². The van der Waals surface area contributed by atoms with Crippen LogP contribution in [0, 0.1) is 5.41 Å². The van der Waals surface area contributed by atoms with Gasteiger partial charge in [-0.15, -0.1) is 4.73 Å². The molecule has 4 aromatic rings. The molecule has 2 atom stereocenters. The summed E-state index contributed by atoms with van der Waals surface area (Å²) in [5.41, 5.74) is 7.15. The number of carbonyl (C=O) groups is 1. The SMILES string of the molecule is CC(=O)N1CCN(c2ccc(OC[C@@H]3CO[C@@](Cn4ccnc4)(c4ccc(Cl)cc4Cl)O3)cc2)CC1.N=c1nc(N2CCCCC2)cc(N)n1O. The van der Waals surface area contributed by atoms with Gasteiger partial charge in [-0.2, -0.15) is 4.98 Å². The number of anilines is 3. The Morgan fingerprint density at radius 2 is 1.78 bits per heavy atom. The second-order valence-corrected chi connectivity index (χ2v) is 13.5. The molecule has 0 saturated carbocycles. The second-order valence-electron chi connectivity index (χ2n) is 12.7. The fourth-order valence-electron chi connectivity index (χ4n) is 6.39. The number of nitrogens with zero attached hydrogens (tertiary/aromatic N) is 7. The first-order chi connectivity index (χ1) is 24.6. The van der Waals surface area contributed by atoms with Crippen LogP contribution in [0.2, 0.25) is 10.0 Å². The maximum atomic E-state index is 11.6. The molecular formula is C35H43Cl2N9O5. The summed E-state index contributed by atoms with van der Waals surface area (Å²) in [6.07, 6.45) is 8.50. The molecule has 4 N–H and O–H groups in total. The maximum Gasteiger partial charge on any atom is 0.259 e. The Bertz CT molecular complexity index is 1830. The van der Waals surface area contributed by atoms with Gasteiger partial charge in [0.2, 0.25) is 11.7 Å². The summed E-state index contributed by atoms with van der Waals surface area (Å²) in [7, 11) is 0. The van der Waals surface area contributed by atoms with Crippen molar-refractivity contribution < 1.29 is 24.2 Å². The molecule has 16 heteroatoms. The molecule has 2 aromatic carbocycles. The number of hydrogen-bond acceptors (Lipinski definition) is 11. The summed E-state index contributed by atoms with van der Waals surface area (Å²) in [4.78, 5) is 25.9. The van der Waals surface area contributed by atoms with E-state index in [0.29, 0.717) is 45.9 Å². The molecule has 5 heterocycles. The third-order valence-corrected chi connectivity index (χ3v) is 9.68. The molecule has 0 radical (unpaired) electrons. The monoisotopic (exact) mass is 739 g/mol. The predicted molar refractivity (Wildman–Crippen MR) is 193 cm³/mol. The number of nitrogen functional groups attached to an aromatic ring is 1. The highest BCUT2D eigenvalue weighted by molar-refractivity contribution is 6.35. The quantitative estimate of drug-likeness (QED) is 0.221. The Hall–Kier alpha value is -4.50. The second kappa shape index (κ2) is 16.2. The molecule has 2 aromatic heterocycles. The number of amides is 1. The van der Waals surface area contributed by atoms with Gasteiger partial charge in [-0.3, -0.25) is 10.2 Å². The molecule has 0 aliphatic carbocycles. The van der Waals surface area contributed by atoms with Gasteiger partial charge in [0.1, 0.15) is 30.1 Å².